The fourth-order valence-electron chi connectivity index (χ4n) is 3.08. The summed E-state index contributed by atoms with van der Waals surface area (Å²) >= 11 is 1.46. The molecular weight excluding hydrogens is 431 g/mol. The summed E-state index contributed by atoms with van der Waals surface area (Å²) in [6.45, 7) is 1.16. The van der Waals surface area contributed by atoms with Crippen LogP contribution in [0.15, 0.2) is 72.1 Å². The summed E-state index contributed by atoms with van der Waals surface area (Å²) in [6.07, 6.45) is 0. The van der Waals surface area contributed by atoms with E-state index in [1.165, 1.54) is 28.3 Å². The summed E-state index contributed by atoms with van der Waals surface area (Å²) in [5, 5.41) is 13.1. The lowest BCUT2D eigenvalue weighted by molar-refractivity contribution is -0.124. The van der Waals surface area contributed by atoms with E-state index in [0.29, 0.717) is 11.4 Å². The van der Waals surface area contributed by atoms with E-state index in [9.17, 15) is 14.0 Å². The second-order valence-electron chi connectivity index (χ2n) is 6.90. The molecule has 1 unspecified atom stereocenters. The smallest absolute Gasteiger partial charge is 0.361 e. The highest BCUT2D eigenvalue weighted by atomic mass is 32.1. The minimum Gasteiger partial charge on any atom is -0.451 e. The first-order valence-corrected chi connectivity index (χ1v) is 10.6. The number of benzene rings is 2. The summed E-state index contributed by atoms with van der Waals surface area (Å²) < 4.78 is 18.5. The highest BCUT2D eigenvalue weighted by Crippen LogP contribution is 2.26. The van der Waals surface area contributed by atoms with Crippen LogP contribution in [-0.2, 0) is 9.53 Å². The van der Waals surface area contributed by atoms with Gasteiger partial charge in [0, 0.05) is 4.88 Å². The third-order valence-corrected chi connectivity index (χ3v) is 5.57. The van der Waals surface area contributed by atoms with Crippen LogP contribution in [0.25, 0.3) is 5.69 Å². The largest absolute Gasteiger partial charge is 0.451 e. The molecule has 0 spiro atoms. The van der Waals surface area contributed by atoms with Gasteiger partial charge in [0.2, 0.25) is 0 Å². The monoisotopic (exact) mass is 450 g/mol. The molecule has 2 aromatic carbocycles. The number of carbonyl (C=O) groups is 2. The highest BCUT2D eigenvalue weighted by Gasteiger charge is 2.22. The normalized spacial score (nSPS) is 11.7. The van der Waals surface area contributed by atoms with E-state index in [1.807, 2.05) is 47.8 Å². The maximum atomic E-state index is 13.3. The molecule has 4 rings (SSSR count). The molecule has 0 saturated carbocycles. The molecule has 0 saturated heterocycles. The lowest BCUT2D eigenvalue weighted by atomic mass is 10.1. The first kappa shape index (κ1) is 21.4. The standard InChI is InChI=1S/C23H19FN4O3S/c1-15-21(27-28(26-15)18-6-3-2-4-7-18)23(30)31-14-20(29)25-22(19-8-5-13-32-19)16-9-11-17(24)12-10-16/h2-13,22H,14H2,1H3,(H,25,29). The van der Waals surface area contributed by atoms with Gasteiger partial charge in [0.05, 0.1) is 17.4 Å². The van der Waals surface area contributed by atoms with Gasteiger partial charge in [0.25, 0.3) is 5.91 Å². The van der Waals surface area contributed by atoms with Crippen molar-refractivity contribution in [3.05, 3.63) is 99.8 Å². The molecule has 2 aromatic heterocycles. The van der Waals surface area contributed by atoms with Crippen LogP contribution in [-0.4, -0.2) is 33.5 Å². The molecule has 4 aromatic rings. The van der Waals surface area contributed by atoms with Crippen molar-refractivity contribution < 1.29 is 18.7 Å². The average molecular weight is 450 g/mol. The third-order valence-electron chi connectivity index (χ3n) is 4.63. The van der Waals surface area contributed by atoms with Gasteiger partial charge in [-0.25, -0.2) is 9.18 Å². The first-order chi connectivity index (χ1) is 15.5. The summed E-state index contributed by atoms with van der Waals surface area (Å²) in [4.78, 5) is 27.2. The van der Waals surface area contributed by atoms with Crippen LogP contribution in [0.3, 0.4) is 0 Å². The second-order valence-corrected chi connectivity index (χ2v) is 7.88. The molecule has 9 heteroatoms. The average Bonchev–Trinajstić information content (AvgIpc) is 3.47. The van der Waals surface area contributed by atoms with Gasteiger partial charge in [-0.2, -0.15) is 9.90 Å². The number of nitrogens with zero attached hydrogens (tertiary/aromatic N) is 3. The zero-order chi connectivity index (χ0) is 22.5. The van der Waals surface area contributed by atoms with E-state index >= 15 is 0 Å². The van der Waals surface area contributed by atoms with Crippen molar-refractivity contribution in [2.24, 2.45) is 0 Å². The number of rotatable bonds is 7. The minimum absolute atomic E-state index is 0.0370. The Morgan fingerprint density at radius 3 is 2.50 bits per heavy atom. The van der Waals surface area contributed by atoms with Crippen molar-refractivity contribution in [2.45, 2.75) is 13.0 Å². The summed E-state index contributed by atoms with van der Waals surface area (Å²) in [6, 6.07) is 18.3. The molecule has 0 aliphatic heterocycles. The van der Waals surface area contributed by atoms with Gasteiger partial charge >= 0.3 is 5.97 Å². The molecule has 0 aliphatic rings. The fraction of sp³-hybridized carbons (Fsp3) is 0.130. The predicted octanol–water partition coefficient (Wildman–Crippen LogP) is 3.84. The molecule has 2 heterocycles. The van der Waals surface area contributed by atoms with Gasteiger partial charge in [-0.3, -0.25) is 4.79 Å². The van der Waals surface area contributed by atoms with Crippen LogP contribution in [0, 0.1) is 12.7 Å². The molecule has 0 aliphatic carbocycles. The Morgan fingerprint density at radius 2 is 1.81 bits per heavy atom. The van der Waals surface area contributed by atoms with E-state index < -0.39 is 24.5 Å². The Balaban J connectivity index is 1.42. The van der Waals surface area contributed by atoms with E-state index in [1.54, 1.807) is 19.1 Å². The van der Waals surface area contributed by atoms with Crippen molar-refractivity contribution in [1.29, 1.82) is 0 Å². The van der Waals surface area contributed by atoms with Crippen molar-refractivity contribution in [1.82, 2.24) is 20.3 Å². The Bertz CT molecular complexity index is 1210. The van der Waals surface area contributed by atoms with E-state index in [0.717, 1.165) is 10.4 Å². The molecule has 0 radical (unpaired) electrons. The third kappa shape index (κ3) is 4.89. The molecule has 0 bridgehead atoms. The van der Waals surface area contributed by atoms with Gasteiger partial charge < -0.3 is 10.1 Å². The number of ether oxygens (including phenoxy) is 1. The number of aryl methyl sites for hydroxylation is 1. The number of halogens is 1. The number of amides is 1. The SMILES string of the molecule is Cc1nn(-c2ccccc2)nc1C(=O)OCC(=O)NC(c1ccc(F)cc1)c1cccs1. The zero-order valence-electron chi connectivity index (χ0n) is 17.1. The minimum atomic E-state index is -0.741. The van der Waals surface area contributed by atoms with Crippen LogP contribution in [0.5, 0.6) is 0 Å². The topological polar surface area (TPSA) is 86.1 Å². The van der Waals surface area contributed by atoms with E-state index in [4.69, 9.17) is 4.74 Å². The molecule has 32 heavy (non-hydrogen) atoms. The number of aromatic nitrogens is 3. The van der Waals surface area contributed by atoms with E-state index in [2.05, 4.69) is 15.5 Å². The number of esters is 1. The van der Waals surface area contributed by atoms with Gasteiger partial charge in [-0.1, -0.05) is 36.4 Å². The Hall–Kier alpha value is -3.85. The fourth-order valence-corrected chi connectivity index (χ4v) is 3.88. The van der Waals surface area contributed by atoms with Crippen molar-refractivity contribution >= 4 is 23.2 Å². The molecule has 1 atom stereocenters. The molecule has 162 valence electrons. The van der Waals surface area contributed by atoms with Crippen LogP contribution in [0.2, 0.25) is 0 Å². The predicted molar refractivity (Wildman–Crippen MR) is 117 cm³/mol. The summed E-state index contributed by atoms with van der Waals surface area (Å²) in [7, 11) is 0. The maximum Gasteiger partial charge on any atom is 0.361 e. The second kappa shape index (κ2) is 9.52. The van der Waals surface area contributed by atoms with Crippen molar-refractivity contribution in [2.75, 3.05) is 6.61 Å². The van der Waals surface area contributed by atoms with E-state index in [-0.39, 0.29) is 11.5 Å². The maximum absolute atomic E-state index is 13.3. The number of nitrogens with one attached hydrogen (secondary N) is 1. The Kier molecular flexibility index (Phi) is 6.37. The number of para-hydroxylation sites is 1. The molecule has 7 nitrogen and oxygen atoms in total. The van der Waals surface area contributed by atoms with Gasteiger partial charge in [0.1, 0.15) is 5.82 Å². The first-order valence-electron chi connectivity index (χ1n) is 9.76. The molecular formula is C23H19FN4O3S. The quantitative estimate of drug-likeness (QED) is 0.433. The molecule has 1 N–H and O–H groups in total. The lowest BCUT2D eigenvalue weighted by Gasteiger charge is -2.18. The number of hydrogen-bond acceptors (Lipinski definition) is 6. The Labute approximate surface area is 187 Å². The van der Waals surface area contributed by atoms with Gasteiger partial charge in [-0.15, -0.1) is 16.4 Å². The molecule has 0 fully saturated rings. The van der Waals surface area contributed by atoms with Crippen molar-refractivity contribution in [3.8, 4) is 5.69 Å². The Morgan fingerprint density at radius 1 is 1.06 bits per heavy atom. The summed E-state index contributed by atoms with van der Waals surface area (Å²) in [5.41, 5.74) is 1.85. The van der Waals surface area contributed by atoms with Crippen LogP contribution in [0.1, 0.15) is 32.7 Å². The van der Waals surface area contributed by atoms with Gasteiger partial charge in [-0.05, 0) is 48.2 Å². The van der Waals surface area contributed by atoms with Gasteiger partial charge in [0.15, 0.2) is 12.3 Å². The number of thiophene rings is 1. The summed E-state index contributed by atoms with van der Waals surface area (Å²) in [5.74, 6) is -1.60. The van der Waals surface area contributed by atoms with Crippen LogP contribution < -0.4 is 5.32 Å². The number of carbonyl (C=O) groups excluding carboxylic acids is 2. The zero-order valence-corrected chi connectivity index (χ0v) is 17.9. The highest BCUT2D eigenvalue weighted by molar-refractivity contribution is 7.10. The number of hydrogen-bond donors (Lipinski definition) is 1. The molecule has 1 amide bonds. The lowest BCUT2D eigenvalue weighted by Crippen LogP contribution is -2.32. The van der Waals surface area contributed by atoms with Crippen molar-refractivity contribution in [3.63, 3.8) is 0 Å². The van der Waals surface area contributed by atoms with Crippen LogP contribution >= 0.6 is 11.3 Å². The van der Waals surface area contributed by atoms with Crippen LogP contribution in [0.4, 0.5) is 4.39 Å².